The number of rotatable bonds is 5. The maximum absolute atomic E-state index is 13.0. The van der Waals surface area contributed by atoms with Gasteiger partial charge in [0.1, 0.15) is 5.82 Å². The third kappa shape index (κ3) is 3.48. The van der Waals surface area contributed by atoms with Crippen molar-refractivity contribution < 1.29 is 4.39 Å². The van der Waals surface area contributed by atoms with Gasteiger partial charge < -0.3 is 5.32 Å². The van der Waals surface area contributed by atoms with Crippen LogP contribution < -0.4 is 5.32 Å². The highest BCUT2D eigenvalue weighted by molar-refractivity contribution is 7.10. The van der Waals surface area contributed by atoms with Crippen LogP contribution in [0.5, 0.6) is 0 Å². The second-order valence-electron chi connectivity index (χ2n) is 5.43. The van der Waals surface area contributed by atoms with Gasteiger partial charge in [0.2, 0.25) is 0 Å². The molecule has 3 heterocycles. The lowest BCUT2D eigenvalue weighted by atomic mass is 10.1. The highest BCUT2D eigenvalue weighted by atomic mass is 32.1. The van der Waals surface area contributed by atoms with Gasteiger partial charge in [0.25, 0.3) is 0 Å². The molecular formula is C16H20FN3S. The van der Waals surface area contributed by atoms with Crippen LogP contribution in [0, 0.1) is 5.82 Å². The van der Waals surface area contributed by atoms with E-state index in [2.05, 4.69) is 26.6 Å². The molecule has 2 aromatic heterocycles. The van der Waals surface area contributed by atoms with Crippen LogP contribution in [0.15, 0.2) is 29.8 Å². The van der Waals surface area contributed by atoms with Crippen molar-refractivity contribution in [2.24, 2.45) is 0 Å². The standard InChI is InChI=1S/C16H20FN3S/c1-18-14(15-3-2-13(17)10-19-15)4-7-20-8-5-16-12(11-20)6-9-21-16/h2-3,6,9-10,14,18H,4-5,7-8,11H2,1H3. The molecule has 1 atom stereocenters. The number of fused-ring (bicyclic) bond motifs is 1. The van der Waals surface area contributed by atoms with Gasteiger partial charge in [0.05, 0.1) is 17.9 Å². The van der Waals surface area contributed by atoms with Crippen LogP contribution in [0.1, 0.15) is 28.6 Å². The molecule has 0 spiro atoms. The number of hydrogen-bond donors (Lipinski definition) is 1. The van der Waals surface area contributed by atoms with Gasteiger partial charge in [-0.05, 0) is 49.0 Å². The second-order valence-corrected chi connectivity index (χ2v) is 6.43. The minimum atomic E-state index is -0.283. The quantitative estimate of drug-likeness (QED) is 0.920. The average molecular weight is 305 g/mol. The molecule has 1 aliphatic heterocycles. The van der Waals surface area contributed by atoms with Gasteiger partial charge in [-0.3, -0.25) is 9.88 Å². The maximum atomic E-state index is 13.0. The van der Waals surface area contributed by atoms with E-state index in [-0.39, 0.29) is 11.9 Å². The van der Waals surface area contributed by atoms with Crippen molar-refractivity contribution in [2.45, 2.75) is 25.4 Å². The molecule has 3 nitrogen and oxygen atoms in total. The Hall–Kier alpha value is -1.30. The smallest absolute Gasteiger partial charge is 0.141 e. The summed E-state index contributed by atoms with van der Waals surface area (Å²) in [5.41, 5.74) is 2.39. The number of aromatic nitrogens is 1. The van der Waals surface area contributed by atoms with Crippen LogP contribution in [-0.4, -0.2) is 30.0 Å². The van der Waals surface area contributed by atoms with Crippen molar-refractivity contribution in [1.82, 2.24) is 15.2 Å². The van der Waals surface area contributed by atoms with E-state index in [1.165, 1.54) is 22.7 Å². The maximum Gasteiger partial charge on any atom is 0.141 e. The molecular weight excluding hydrogens is 285 g/mol. The molecule has 0 radical (unpaired) electrons. The van der Waals surface area contributed by atoms with E-state index < -0.39 is 0 Å². The van der Waals surface area contributed by atoms with Crippen LogP contribution in [0.3, 0.4) is 0 Å². The highest BCUT2D eigenvalue weighted by Gasteiger charge is 2.19. The van der Waals surface area contributed by atoms with Crippen molar-refractivity contribution >= 4 is 11.3 Å². The Bertz CT molecular complexity index is 581. The summed E-state index contributed by atoms with van der Waals surface area (Å²) in [4.78, 5) is 8.21. The molecule has 112 valence electrons. The third-order valence-corrected chi connectivity index (χ3v) is 5.10. The molecule has 0 amide bonds. The highest BCUT2D eigenvalue weighted by Crippen LogP contribution is 2.25. The predicted molar refractivity (Wildman–Crippen MR) is 83.9 cm³/mol. The van der Waals surface area contributed by atoms with Gasteiger partial charge in [-0.15, -0.1) is 11.3 Å². The first-order chi connectivity index (χ1) is 10.3. The van der Waals surface area contributed by atoms with Crippen LogP contribution in [0.2, 0.25) is 0 Å². The lowest BCUT2D eigenvalue weighted by Gasteiger charge is -2.28. The fourth-order valence-corrected chi connectivity index (χ4v) is 3.73. The predicted octanol–water partition coefficient (Wildman–Crippen LogP) is 2.99. The molecule has 0 saturated carbocycles. The second kappa shape index (κ2) is 6.64. The molecule has 3 rings (SSSR count). The van der Waals surface area contributed by atoms with E-state index >= 15 is 0 Å². The van der Waals surface area contributed by atoms with Gasteiger partial charge >= 0.3 is 0 Å². The third-order valence-electron chi connectivity index (χ3n) is 4.08. The Morgan fingerprint density at radius 2 is 2.33 bits per heavy atom. The molecule has 0 aliphatic carbocycles. The van der Waals surface area contributed by atoms with Gasteiger partial charge in [-0.1, -0.05) is 0 Å². The summed E-state index contributed by atoms with van der Waals surface area (Å²) in [6.45, 7) is 3.20. The molecule has 0 aromatic carbocycles. The Kier molecular flexibility index (Phi) is 4.63. The van der Waals surface area contributed by atoms with Crippen molar-refractivity contribution in [3.63, 3.8) is 0 Å². The van der Waals surface area contributed by atoms with E-state index in [1.54, 1.807) is 6.07 Å². The molecule has 1 aliphatic rings. The van der Waals surface area contributed by atoms with Crippen molar-refractivity contribution in [1.29, 1.82) is 0 Å². The summed E-state index contributed by atoms with van der Waals surface area (Å²) in [6, 6.07) is 5.66. The molecule has 1 N–H and O–H groups in total. The van der Waals surface area contributed by atoms with Crippen LogP contribution >= 0.6 is 11.3 Å². The number of thiophene rings is 1. The summed E-state index contributed by atoms with van der Waals surface area (Å²) in [5.74, 6) is -0.283. The monoisotopic (exact) mass is 305 g/mol. The van der Waals surface area contributed by atoms with E-state index in [9.17, 15) is 4.39 Å². The number of halogens is 1. The van der Waals surface area contributed by atoms with E-state index in [0.717, 1.165) is 38.2 Å². The zero-order chi connectivity index (χ0) is 14.7. The van der Waals surface area contributed by atoms with Crippen molar-refractivity contribution in [3.8, 4) is 0 Å². The van der Waals surface area contributed by atoms with E-state index in [4.69, 9.17) is 0 Å². The summed E-state index contributed by atoms with van der Waals surface area (Å²) in [5, 5.41) is 5.47. The van der Waals surface area contributed by atoms with Crippen LogP contribution in [0.4, 0.5) is 4.39 Å². The minimum Gasteiger partial charge on any atom is -0.312 e. The van der Waals surface area contributed by atoms with Gasteiger partial charge in [-0.2, -0.15) is 0 Å². The summed E-state index contributed by atoms with van der Waals surface area (Å²) in [7, 11) is 1.93. The van der Waals surface area contributed by atoms with Crippen molar-refractivity contribution in [3.05, 3.63) is 51.7 Å². The zero-order valence-electron chi connectivity index (χ0n) is 12.2. The Morgan fingerprint density at radius 3 is 3.10 bits per heavy atom. The molecule has 0 saturated heterocycles. The SMILES string of the molecule is CNC(CCN1CCc2sccc2C1)c1ccc(F)cn1. The number of nitrogens with one attached hydrogen (secondary N) is 1. The zero-order valence-corrected chi connectivity index (χ0v) is 13.0. The van der Waals surface area contributed by atoms with Gasteiger partial charge in [-0.25, -0.2) is 4.39 Å². The fourth-order valence-electron chi connectivity index (χ4n) is 2.84. The molecule has 0 fully saturated rings. The Labute approximate surface area is 128 Å². The van der Waals surface area contributed by atoms with Gasteiger partial charge in [0, 0.05) is 24.5 Å². The van der Waals surface area contributed by atoms with E-state index in [0.29, 0.717) is 0 Å². The average Bonchev–Trinajstić information content (AvgIpc) is 2.97. The topological polar surface area (TPSA) is 28.2 Å². The molecule has 0 bridgehead atoms. The van der Waals surface area contributed by atoms with Crippen LogP contribution in [0.25, 0.3) is 0 Å². The van der Waals surface area contributed by atoms with Gasteiger partial charge in [0.15, 0.2) is 0 Å². The lowest BCUT2D eigenvalue weighted by molar-refractivity contribution is 0.241. The Morgan fingerprint density at radius 1 is 1.43 bits per heavy atom. The summed E-state index contributed by atoms with van der Waals surface area (Å²) < 4.78 is 13.0. The van der Waals surface area contributed by atoms with E-state index in [1.807, 2.05) is 18.4 Å². The normalized spacial score (nSPS) is 16.7. The lowest BCUT2D eigenvalue weighted by Crippen LogP contribution is -2.32. The number of pyridine rings is 1. The first-order valence-electron chi connectivity index (χ1n) is 7.32. The first kappa shape index (κ1) is 14.6. The Balaban J connectivity index is 1.57. The van der Waals surface area contributed by atoms with Crippen LogP contribution in [-0.2, 0) is 13.0 Å². The largest absolute Gasteiger partial charge is 0.312 e. The molecule has 21 heavy (non-hydrogen) atoms. The summed E-state index contributed by atoms with van der Waals surface area (Å²) >= 11 is 1.87. The fraction of sp³-hybridized carbons (Fsp3) is 0.438. The number of hydrogen-bond acceptors (Lipinski definition) is 4. The molecule has 5 heteroatoms. The first-order valence-corrected chi connectivity index (χ1v) is 8.20. The summed E-state index contributed by atoms with van der Waals surface area (Å²) in [6.07, 6.45) is 3.43. The molecule has 1 unspecified atom stereocenters. The van der Waals surface area contributed by atoms with Crippen molar-refractivity contribution in [2.75, 3.05) is 20.1 Å². The molecule has 2 aromatic rings. The number of nitrogens with zero attached hydrogens (tertiary/aromatic N) is 2. The minimum absolute atomic E-state index is 0.175.